The van der Waals surface area contributed by atoms with E-state index in [4.69, 9.17) is 21.1 Å². The summed E-state index contributed by atoms with van der Waals surface area (Å²) in [6, 6.07) is 8.85. The average molecular weight is 443 g/mol. The molecule has 0 fully saturated rings. The molecule has 3 rings (SSSR count). The molecule has 0 spiro atoms. The van der Waals surface area contributed by atoms with Gasteiger partial charge in [-0.15, -0.1) is 10.2 Å². The van der Waals surface area contributed by atoms with Gasteiger partial charge in [0.2, 0.25) is 5.91 Å². The monoisotopic (exact) mass is 442 g/mol. The number of carbonyl (C=O) groups excluding carboxylic acids is 1. The predicted molar refractivity (Wildman–Crippen MR) is 122 cm³/mol. The highest BCUT2D eigenvalue weighted by atomic mass is 35.5. The van der Waals surface area contributed by atoms with Gasteiger partial charge in [-0.3, -0.25) is 9.20 Å². The Bertz CT molecular complexity index is 1080. The van der Waals surface area contributed by atoms with Crippen LogP contribution in [-0.4, -0.2) is 34.2 Å². The van der Waals surface area contributed by atoms with E-state index in [0.29, 0.717) is 34.9 Å². The molecule has 1 N–H and O–H groups in total. The van der Waals surface area contributed by atoms with E-state index in [1.54, 1.807) is 25.3 Å². The molecule has 0 saturated heterocycles. The van der Waals surface area contributed by atoms with Crippen molar-refractivity contribution in [2.24, 2.45) is 5.92 Å². The number of nitrogens with one attached hydrogen (secondary N) is 1. The lowest BCUT2D eigenvalue weighted by Crippen LogP contribution is -2.26. The third-order valence-electron chi connectivity index (χ3n) is 4.71. The van der Waals surface area contributed by atoms with Gasteiger partial charge in [-0.05, 0) is 55.2 Å². The van der Waals surface area contributed by atoms with E-state index < -0.39 is 0 Å². The molecule has 1 aromatic carbocycles. The molecule has 2 heterocycles. The predicted octanol–water partition coefficient (Wildman–Crippen LogP) is 4.71. The molecular formula is C23H27ClN4O3. The number of ether oxygens (including phenoxy) is 2. The number of amides is 1. The molecule has 1 atom stereocenters. The van der Waals surface area contributed by atoms with Gasteiger partial charge < -0.3 is 14.8 Å². The number of aromatic nitrogens is 3. The number of fused-ring (bicyclic) bond motifs is 1. The summed E-state index contributed by atoms with van der Waals surface area (Å²) in [7, 11) is 1.56. The molecule has 0 radical (unpaired) electrons. The van der Waals surface area contributed by atoms with Crippen LogP contribution in [0.5, 0.6) is 11.5 Å². The van der Waals surface area contributed by atoms with Crippen LogP contribution in [0.4, 0.5) is 0 Å². The molecule has 0 bridgehead atoms. The van der Waals surface area contributed by atoms with Gasteiger partial charge in [-0.2, -0.15) is 0 Å². The molecule has 7 nitrogen and oxygen atoms in total. The summed E-state index contributed by atoms with van der Waals surface area (Å²) in [4.78, 5) is 12.4. The van der Waals surface area contributed by atoms with Crippen LogP contribution < -0.4 is 14.8 Å². The minimum absolute atomic E-state index is 0.257. The van der Waals surface area contributed by atoms with Crippen LogP contribution in [0.3, 0.4) is 0 Å². The molecule has 0 aliphatic carbocycles. The van der Waals surface area contributed by atoms with Crippen molar-refractivity contribution >= 4 is 29.2 Å². The normalized spacial score (nSPS) is 12.5. The number of benzene rings is 1. The maximum Gasteiger partial charge on any atom is 0.244 e. The summed E-state index contributed by atoms with van der Waals surface area (Å²) in [6.45, 7) is 6.68. The number of pyridine rings is 1. The number of rotatable bonds is 9. The summed E-state index contributed by atoms with van der Waals surface area (Å²) in [6.07, 6.45) is 5.91. The lowest BCUT2D eigenvalue weighted by Gasteiger charge is -2.14. The average Bonchev–Trinajstić information content (AvgIpc) is 3.17. The van der Waals surface area contributed by atoms with Crippen LogP contribution in [0.25, 0.3) is 11.7 Å². The van der Waals surface area contributed by atoms with Crippen LogP contribution in [-0.2, 0) is 4.79 Å². The first-order chi connectivity index (χ1) is 14.9. The second-order valence-corrected chi connectivity index (χ2v) is 8.02. The van der Waals surface area contributed by atoms with Crippen LogP contribution in [0.1, 0.15) is 44.6 Å². The minimum atomic E-state index is -0.315. The highest BCUT2D eigenvalue weighted by Gasteiger charge is 2.15. The van der Waals surface area contributed by atoms with Gasteiger partial charge in [-0.1, -0.05) is 31.5 Å². The second-order valence-electron chi connectivity index (χ2n) is 7.62. The Kier molecular flexibility index (Phi) is 7.52. The highest BCUT2D eigenvalue weighted by Crippen LogP contribution is 2.37. The Labute approximate surface area is 187 Å². The van der Waals surface area contributed by atoms with E-state index >= 15 is 0 Å². The third kappa shape index (κ3) is 5.76. The van der Waals surface area contributed by atoms with Crippen molar-refractivity contribution in [3.05, 3.63) is 59.0 Å². The fourth-order valence-corrected chi connectivity index (χ4v) is 3.30. The first-order valence-corrected chi connectivity index (χ1v) is 10.6. The maximum atomic E-state index is 12.4. The van der Waals surface area contributed by atoms with Crippen molar-refractivity contribution in [2.75, 3.05) is 13.7 Å². The Balaban J connectivity index is 1.67. The molecule has 0 aliphatic rings. The van der Waals surface area contributed by atoms with Crippen LogP contribution in [0, 0.1) is 5.92 Å². The third-order valence-corrected chi connectivity index (χ3v) is 4.99. The minimum Gasteiger partial charge on any atom is -0.493 e. The molecule has 31 heavy (non-hydrogen) atoms. The van der Waals surface area contributed by atoms with Gasteiger partial charge in [0.25, 0.3) is 0 Å². The smallest absolute Gasteiger partial charge is 0.244 e. The number of nitrogens with zero attached hydrogens (tertiary/aromatic N) is 3. The van der Waals surface area contributed by atoms with E-state index in [2.05, 4.69) is 29.4 Å². The topological polar surface area (TPSA) is 77.8 Å². The lowest BCUT2D eigenvalue weighted by atomic mass is 10.1. The highest BCUT2D eigenvalue weighted by molar-refractivity contribution is 6.32. The van der Waals surface area contributed by atoms with E-state index in [9.17, 15) is 4.79 Å². The lowest BCUT2D eigenvalue weighted by molar-refractivity contribution is -0.117. The summed E-state index contributed by atoms with van der Waals surface area (Å²) in [5, 5.41) is 11.6. The summed E-state index contributed by atoms with van der Waals surface area (Å²) in [5.41, 5.74) is 1.46. The van der Waals surface area contributed by atoms with Gasteiger partial charge in [0.1, 0.15) is 0 Å². The maximum absolute atomic E-state index is 12.4. The van der Waals surface area contributed by atoms with Gasteiger partial charge >= 0.3 is 0 Å². The quantitative estimate of drug-likeness (QED) is 0.486. The molecule has 1 amide bonds. The van der Waals surface area contributed by atoms with Crippen molar-refractivity contribution in [1.82, 2.24) is 19.9 Å². The number of hydrogen-bond donors (Lipinski definition) is 1. The fourth-order valence-electron chi connectivity index (χ4n) is 3.03. The molecule has 0 unspecified atom stereocenters. The van der Waals surface area contributed by atoms with Crippen molar-refractivity contribution in [3.8, 4) is 11.5 Å². The van der Waals surface area contributed by atoms with Gasteiger partial charge in [0.15, 0.2) is 23.0 Å². The number of methoxy groups -OCH3 is 1. The van der Waals surface area contributed by atoms with Crippen LogP contribution >= 0.6 is 11.6 Å². The van der Waals surface area contributed by atoms with Crippen LogP contribution in [0.15, 0.2) is 42.6 Å². The van der Waals surface area contributed by atoms with Gasteiger partial charge in [0, 0.05) is 12.3 Å². The number of hydrogen-bond acceptors (Lipinski definition) is 5. The Morgan fingerprint density at radius 1 is 1.26 bits per heavy atom. The van der Waals surface area contributed by atoms with Crippen molar-refractivity contribution < 1.29 is 14.3 Å². The zero-order chi connectivity index (χ0) is 22.4. The molecule has 164 valence electrons. The Morgan fingerprint density at radius 3 is 2.81 bits per heavy atom. The summed E-state index contributed by atoms with van der Waals surface area (Å²) >= 11 is 6.39. The second kappa shape index (κ2) is 10.3. The summed E-state index contributed by atoms with van der Waals surface area (Å²) < 4.78 is 13.1. The number of halogens is 1. The molecule has 0 aliphatic heterocycles. The summed E-state index contributed by atoms with van der Waals surface area (Å²) in [5.74, 6) is 1.97. The fraction of sp³-hybridized carbons (Fsp3) is 0.348. The molecule has 3 aromatic rings. The molecule has 2 aromatic heterocycles. The Morgan fingerprint density at radius 2 is 2.06 bits per heavy atom. The van der Waals surface area contributed by atoms with E-state index in [-0.39, 0.29) is 11.9 Å². The zero-order valence-electron chi connectivity index (χ0n) is 18.1. The molecule has 0 saturated carbocycles. The van der Waals surface area contributed by atoms with E-state index in [1.165, 1.54) is 6.08 Å². The standard InChI is InChI=1S/C23H27ClN4O3/c1-15(2)10-12-31-22-18(24)13-17(14-19(22)30-4)8-9-21(29)25-16(3)23-27-26-20-7-5-6-11-28(20)23/h5-9,11,13-16H,10,12H2,1-4H3,(H,25,29)/b9-8+/t16-/m0/s1. The Hall–Kier alpha value is -3.06. The van der Waals surface area contributed by atoms with Crippen LogP contribution in [0.2, 0.25) is 5.02 Å². The van der Waals surface area contributed by atoms with Crippen molar-refractivity contribution in [1.29, 1.82) is 0 Å². The van der Waals surface area contributed by atoms with E-state index in [1.807, 2.05) is 35.7 Å². The SMILES string of the molecule is COc1cc(/C=C/C(=O)N[C@@H](C)c2nnc3ccccn23)cc(Cl)c1OCCC(C)C. The largest absolute Gasteiger partial charge is 0.493 e. The zero-order valence-corrected chi connectivity index (χ0v) is 18.9. The van der Waals surface area contributed by atoms with Crippen molar-refractivity contribution in [2.45, 2.75) is 33.2 Å². The molecule has 8 heteroatoms. The van der Waals surface area contributed by atoms with Gasteiger partial charge in [-0.25, -0.2) is 0 Å². The first-order valence-electron chi connectivity index (χ1n) is 10.2. The van der Waals surface area contributed by atoms with Gasteiger partial charge in [0.05, 0.1) is 24.8 Å². The van der Waals surface area contributed by atoms with Crippen molar-refractivity contribution in [3.63, 3.8) is 0 Å². The van der Waals surface area contributed by atoms with E-state index in [0.717, 1.165) is 17.6 Å². The number of carbonyl (C=O) groups is 1. The first kappa shape index (κ1) is 22.6. The molecular weight excluding hydrogens is 416 g/mol.